The number of piperidine rings is 3. The number of carbonyl (C=O) groups is 1. The Bertz CT molecular complexity index is 792. The first kappa shape index (κ1) is 18.1. The van der Waals surface area contributed by atoms with Gasteiger partial charge in [-0.05, 0) is 25.5 Å². The highest BCUT2D eigenvalue weighted by Crippen LogP contribution is 2.41. The number of carbonyl (C=O) groups excluding carboxylic acids is 1. The molecular formula is C23H29N2O2+. The van der Waals surface area contributed by atoms with Crippen molar-refractivity contribution < 1.29 is 14.0 Å². The zero-order valence-electron chi connectivity index (χ0n) is 16.3. The minimum atomic E-state index is -0.329. The monoisotopic (exact) mass is 365 g/mol. The molecule has 27 heavy (non-hydrogen) atoms. The summed E-state index contributed by atoms with van der Waals surface area (Å²) < 4.78 is 7.21. The first-order valence-electron chi connectivity index (χ1n) is 10.0. The second-order valence-electron chi connectivity index (χ2n) is 8.34. The summed E-state index contributed by atoms with van der Waals surface area (Å²) in [6.07, 6.45) is 2.58. The molecular weight excluding hydrogens is 336 g/mol. The van der Waals surface area contributed by atoms with Crippen molar-refractivity contribution in [1.29, 1.82) is 0 Å². The SMILES string of the molecule is CC(C)[N+]12CCC(OC(=O)Nc3ccccc3-c3ccccc3)(CC1)CC2. The summed E-state index contributed by atoms with van der Waals surface area (Å²) in [6, 6.07) is 18.7. The van der Waals surface area contributed by atoms with Gasteiger partial charge in [0.2, 0.25) is 0 Å². The molecule has 0 atom stereocenters. The molecule has 142 valence electrons. The number of para-hydroxylation sites is 1. The van der Waals surface area contributed by atoms with Crippen LogP contribution in [0.3, 0.4) is 0 Å². The fraction of sp³-hybridized carbons (Fsp3) is 0.435. The summed E-state index contributed by atoms with van der Waals surface area (Å²) in [6.45, 7) is 7.97. The van der Waals surface area contributed by atoms with E-state index in [1.165, 1.54) is 4.48 Å². The molecule has 3 fully saturated rings. The fourth-order valence-electron chi connectivity index (χ4n) is 4.71. The van der Waals surface area contributed by atoms with Crippen LogP contribution in [-0.2, 0) is 4.74 Å². The summed E-state index contributed by atoms with van der Waals surface area (Å²) in [5.41, 5.74) is 2.61. The molecule has 2 aromatic rings. The standard InChI is InChI=1S/C23H28N2O2/c1-18(2)25-15-12-23(13-16-25,14-17-25)27-22(26)24-21-11-7-6-10-20(21)19-8-4-3-5-9-19/h3-11,18H,12-17H2,1-2H3/p+1. The highest BCUT2D eigenvalue weighted by molar-refractivity contribution is 5.91. The number of rotatable bonds is 4. The van der Waals surface area contributed by atoms with Gasteiger partial charge in [0.05, 0.1) is 31.4 Å². The van der Waals surface area contributed by atoms with Gasteiger partial charge in [0.15, 0.2) is 0 Å². The molecule has 3 saturated heterocycles. The van der Waals surface area contributed by atoms with E-state index in [0.29, 0.717) is 6.04 Å². The largest absolute Gasteiger partial charge is 0.442 e. The van der Waals surface area contributed by atoms with Crippen LogP contribution in [0.5, 0.6) is 0 Å². The molecule has 2 bridgehead atoms. The summed E-state index contributed by atoms with van der Waals surface area (Å²) in [5, 5.41) is 3.00. The van der Waals surface area contributed by atoms with Crippen LogP contribution in [0.2, 0.25) is 0 Å². The van der Waals surface area contributed by atoms with Crippen LogP contribution in [0.15, 0.2) is 54.6 Å². The number of hydrogen-bond donors (Lipinski definition) is 1. The van der Waals surface area contributed by atoms with E-state index in [2.05, 4.69) is 31.3 Å². The maximum Gasteiger partial charge on any atom is 0.412 e. The Morgan fingerprint density at radius 2 is 1.56 bits per heavy atom. The Hall–Kier alpha value is -2.33. The molecule has 1 N–H and O–H groups in total. The van der Waals surface area contributed by atoms with Gasteiger partial charge in [-0.3, -0.25) is 5.32 Å². The van der Waals surface area contributed by atoms with E-state index in [-0.39, 0.29) is 11.7 Å². The molecule has 4 heteroatoms. The van der Waals surface area contributed by atoms with Gasteiger partial charge in [0.25, 0.3) is 0 Å². The molecule has 0 unspecified atom stereocenters. The molecule has 3 aliphatic rings. The lowest BCUT2D eigenvalue weighted by Gasteiger charge is -2.55. The molecule has 5 rings (SSSR count). The van der Waals surface area contributed by atoms with E-state index < -0.39 is 0 Å². The summed E-state index contributed by atoms with van der Waals surface area (Å²) in [5.74, 6) is 0. The Morgan fingerprint density at radius 1 is 0.963 bits per heavy atom. The average molecular weight is 365 g/mol. The van der Waals surface area contributed by atoms with Crippen LogP contribution >= 0.6 is 0 Å². The lowest BCUT2D eigenvalue weighted by atomic mass is 9.80. The smallest absolute Gasteiger partial charge is 0.412 e. The Balaban J connectivity index is 1.46. The Labute approximate surface area is 161 Å². The van der Waals surface area contributed by atoms with Crippen molar-refractivity contribution in [3.63, 3.8) is 0 Å². The van der Waals surface area contributed by atoms with Gasteiger partial charge in [0.1, 0.15) is 5.60 Å². The number of hydrogen-bond acceptors (Lipinski definition) is 2. The number of nitrogens with zero attached hydrogens (tertiary/aromatic N) is 1. The van der Waals surface area contributed by atoms with Crippen LogP contribution in [0.1, 0.15) is 33.1 Å². The first-order chi connectivity index (χ1) is 13.0. The van der Waals surface area contributed by atoms with E-state index in [9.17, 15) is 4.79 Å². The molecule has 0 aliphatic carbocycles. The maximum atomic E-state index is 12.7. The first-order valence-corrected chi connectivity index (χ1v) is 10.0. The summed E-state index contributed by atoms with van der Waals surface area (Å²) in [7, 11) is 0. The molecule has 3 heterocycles. The normalized spacial score (nSPS) is 26.8. The Morgan fingerprint density at radius 3 is 2.19 bits per heavy atom. The number of amides is 1. The number of quaternary nitrogens is 1. The number of ether oxygens (including phenoxy) is 1. The molecule has 2 aromatic carbocycles. The minimum Gasteiger partial charge on any atom is -0.442 e. The molecule has 0 saturated carbocycles. The predicted octanol–water partition coefficient (Wildman–Crippen LogP) is 5.06. The van der Waals surface area contributed by atoms with Crippen molar-refractivity contribution in [2.75, 3.05) is 25.0 Å². The van der Waals surface area contributed by atoms with E-state index in [1.807, 2.05) is 42.5 Å². The number of benzene rings is 2. The van der Waals surface area contributed by atoms with Gasteiger partial charge in [0, 0.05) is 24.8 Å². The summed E-state index contributed by atoms with van der Waals surface area (Å²) >= 11 is 0. The highest BCUT2D eigenvalue weighted by Gasteiger charge is 2.52. The lowest BCUT2D eigenvalue weighted by molar-refractivity contribution is -0.963. The van der Waals surface area contributed by atoms with Crippen molar-refractivity contribution in [2.45, 2.75) is 44.8 Å². The van der Waals surface area contributed by atoms with Crippen molar-refractivity contribution in [3.05, 3.63) is 54.6 Å². The van der Waals surface area contributed by atoms with Gasteiger partial charge in [-0.1, -0.05) is 48.5 Å². The maximum absolute atomic E-state index is 12.7. The third kappa shape index (κ3) is 3.46. The van der Waals surface area contributed by atoms with Gasteiger partial charge < -0.3 is 9.22 Å². The van der Waals surface area contributed by atoms with Crippen molar-refractivity contribution in [3.8, 4) is 11.1 Å². The van der Waals surface area contributed by atoms with Crippen LogP contribution < -0.4 is 5.32 Å². The molecule has 1 amide bonds. The zero-order chi connectivity index (χ0) is 18.9. The Kier molecular flexibility index (Phi) is 4.68. The minimum absolute atomic E-state index is 0.277. The molecule has 4 nitrogen and oxygen atoms in total. The second kappa shape index (κ2) is 7.01. The summed E-state index contributed by atoms with van der Waals surface area (Å²) in [4.78, 5) is 12.7. The molecule has 3 aliphatic heterocycles. The topological polar surface area (TPSA) is 38.3 Å². The van der Waals surface area contributed by atoms with Gasteiger partial charge in [-0.2, -0.15) is 0 Å². The zero-order valence-corrected chi connectivity index (χ0v) is 16.3. The quantitative estimate of drug-likeness (QED) is 0.769. The van der Waals surface area contributed by atoms with Crippen LogP contribution in [0, 0.1) is 0 Å². The lowest BCUT2D eigenvalue weighted by Crippen LogP contribution is -2.67. The number of nitrogens with one attached hydrogen (secondary N) is 1. The van der Waals surface area contributed by atoms with E-state index in [4.69, 9.17) is 4.74 Å². The van der Waals surface area contributed by atoms with Gasteiger partial charge in [-0.25, -0.2) is 4.79 Å². The second-order valence-corrected chi connectivity index (χ2v) is 8.34. The number of anilines is 1. The van der Waals surface area contributed by atoms with Crippen molar-refractivity contribution in [1.82, 2.24) is 0 Å². The van der Waals surface area contributed by atoms with E-state index in [1.54, 1.807) is 0 Å². The highest BCUT2D eigenvalue weighted by atomic mass is 16.6. The van der Waals surface area contributed by atoms with Crippen LogP contribution in [0.4, 0.5) is 10.5 Å². The van der Waals surface area contributed by atoms with Gasteiger partial charge >= 0.3 is 6.09 Å². The van der Waals surface area contributed by atoms with Crippen LogP contribution in [-0.4, -0.2) is 41.9 Å². The predicted molar refractivity (Wildman–Crippen MR) is 109 cm³/mol. The van der Waals surface area contributed by atoms with E-state index in [0.717, 1.165) is 55.7 Å². The third-order valence-electron chi connectivity index (χ3n) is 6.69. The number of fused-ring (bicyclic) bond motifs is 3. The fourth-order valence-corrected chi connectivity index (χ4v) is 4.71. The molecule has 0 aromatic heterocycles. The molecule has 0 radical (unpaired) electrons. The van der Waals surface area contributed by atoms with Gasteiger partial charge in [-0.15, -0.1) is 0 Å². The van der Waals surface area contributed by atoms with Crippen LogP contribution in [0.25, 0.3) is 11.1 Å². The third-order valence-corrected chi connectivity index (χ3v) is 6.69. The van der Waals surface area contributed by atoms with Crippen molar-refractivity contribution >= 4 is 11.8 Å². The van der Waals surface area contributed by atoms with E-state index >= 15 is 0 Å². The van der Waals surface area contributed by atoms with Crippen molar-refractivity contribution in [2.24, 2.45) is 0 Å². The molecule has 0 spiro atoms. The average Bonchev–Trinajstić information content (AvgIpc) is 2.70.